The molecule has 0 aliphatic heterocycles. The fourth-order valence-corrected chi connectivity index (χ4v) is 3.96. The maximum absolute atomic E-state index is 11.2. The van der Waals surface area contributed by atoms with Crippen molar-refractivity contribution in [1.82, 2.24) is 0 Å². The molecule has 0 aromatic rings. The zero-order chi connectivity index (χ0) is 11.3. The molecule has 0 aromatic heterocycles. The van der Waals surface area contributed by atoms with E-state index in [0.717, 1.165) is 18.8 Å². The largest absolute Gasteiger partial charge is 0.458 e. The van der Waals surface area contributed by atoms with Gasteiger partial charge in [0.1, 0.15) is 5.60 Å². The van der Waals surface area contributed by atoms with Crippen LogP contribution in [0.4, 0.5) is 0 Å². The molecule has 3 aliphatic rings. The number of ether oxygens (including phenoxy) is 1. The van der Waals surface area contributed by atoms with Gasteiger partial charge >= 0.3 is 5.97 Å². The van der Waals surface area contributed by atoms with Gasteiger partial charge in [-0.2, -0.15) is 0 Å². The first kappa shape index (κ1) is 11.3. The number of carbonyl (C=O) groups is 1. The van der Waals surface area contributed by atoms with Gasteiger partial charge in [0, 0.05) is 12.8 Å². The maximum Gasteiger partial charge on any atom is 0.303 e. The zero-order valence-electron chi connectivity index (χ0n) is 9.68. The number of hydrogen-bond donors (Lipinski definition) is 0. The number of halogens is 1. The third kappa shape index (κ3) is 1.49. The van der Waals surface area contributed by atoms with Crippen LogP contribution in [-0.2, 0) is 9.53 Å². The second kappa shape index (κ2) is 3.38. The topological polar surface area (TPSA) is 26.3 Å². The van der Waals surface area contributed by atoms with Crippen LogP contribution in [0.1, 0.15) is 40.0 Å². The van der Waals surface area contributed by atoms with E-state index >= 15 is 0 Å². The molecule has 0 aromatic carbocycles. The molecule has 2 nitrogen and oxygen atoms in total. The lowest BCUT2D eigenvalue weighted by molar-refractivity contribution is -0.215. The van der Waals surface area contributed by atoms with E-state index in [1.54, 1.807) is 0 Å². The minimum absolute atomic E-state index is 0.197. The molecule has 0 saturated heterocycles. The van der Waals surface area contributed by atoms with Gasteiger partial charge in [-0.05, 0) is 30.6 Å². The molecule has 3 heteroatoms. The van der Waals surface area contributed by atoms with E-state index in [2.05, 4.69) is 13.8 Å². The van der Waals surface area contributed by atoms with Gasteiger partial charge in [-0.1, -0.05) is 13.8 Å². The maximum atomic E-state index is 11.2. The number of fused-ring (bicyclic) bond motifs is 2. The third-order valence-corrected chi connectivity index (χ3v) is 5.05. The van der Waals surface area contributed by atoms with Crippen LogP contribution in [-0.4, -0.2) is 17.5 Å². The molecular weight excluding hydrogens is 212 g/mol. The van der Waals surface area contributed by atoms with E-state index in [0.29, 0.717) is 17.2 Å². The van der Waals surface area contributed by atoms with Crippen LogP contribution in [0.3, 0.4) is 0 Å². The second-order valence-electron chi connectivity index (χ2n) is 5.64. The van der Waals surface area contributed by atoms with E-state index in [4.69, 9.17) is 16.3 Å². The Morgan fingerprint density at radius 1 is 1.53 bits per heavy atom. The SMILES string of the molecule is CC(=O)OC1(CCl)CC[C@@H]2C[C@H]1C2(C)C. The van der Waals surface area contributed by atoms with Crippen molar-refractivity contribution in [3.05, 3.63) is 0 Å². The van der Waals surface area contributed by atoms with E-state index in [1.807, 2.05) is 0 Å². The van der Waals surface area contributed by atoms with Crippen LogP contribution >= 0.6 is 11.6 Å². The molecule has 3 saturated carbocycles. The first-order valence-electron chi connectivity index (χ1n) is 5.68. The van der Waals surface area contributed by atoms with Crippen molar-refractivity contribution in [2.45, 2.75) is 45.6 Å². The highest BCUT2D eigenvalue weighted by Gasteiger charge is 2.62. The van der Waals surface area contributed by atoms with E-state index in [9.17, 15) is 4.79 Å². The van der Waals surface area contributed by atoms with E-state index in [1.165, 1.54) is 13.3 Å². The highest BCUT2D eigenvalue weighted by atomic mass is 35.5. The highest BCUT2D eigenvalue weighted by Crippen LogP contribution is 2.63. The van der Waals surface area contributed by atoms with Gasteiger partial charge in [0.25, 0.3) is 0 Å². The summed E-state index contributed by atoms with van der Waals surface area (Å²) in [5, 5.41) is 0. The lowest BCUT2D eigenvalue weighted by atomic mass is 9.44. The number of carbonyl (C=O) groups excluding carboxylic acids is 1. The van der Waals surface area contributed by atoms with Crippen molar-refractivity contribution < 1.29 is 9.53 Å². The predicted octanol–water partition coefficient (Wildman–Crippen LogP) is 2.98. The molecule has 1 unspecified atom stereocenters. The van der Waals surface area contributed by atoms with Gasteiger partial charge in [0.2, 0.25) is 0 Å². The number of esters is 1. The Kier molecular flexibility index (Phi) is 2.53. The summed E-state index contributed by atoms with van der Waals surface area (Å²) in [5.41, 5.74) is -0.0891. The van der Waals surface area contributed by atoms with Gasteiger partial charge in [0.15, 0.2) is 0 Å². The third-order valence-electron chi connectivity index (χ3n) is 4.59. The van der Waals surface area contributed by atoms with Crippen molar-refractivity contribution in [3.8, 4) is 0 Å². The van der Waals surface area contributed by atoms with Gasteiger partial charge in [0.05, 0.1) is 5.88 Å². The van der Waals surface area contributed by atoms with Crippen LogP contribution in [0.5, 0.6) is 0 Å². The molecule has 0 spiro atoms. The monoisotopic (exact) mass is 230 g/mol. The van der Waals surface area contributed by atoms with E-state index < -0.39 is 0 Å². The number of rotatable bonds is 2. The Labute approximate surface area is 96.3 Å². The van der Waals surface area contributed by atoms with Gasteiger partial charge in [-0.15, -0.1) is 11.6 Å². The first-order chi connectivity index (χ1) is 6.92. The van der Waals surface area contributed by atoms with Crippen molar-refractivity contribution >= 4 is 17.6 Å². The zero-order valence-corrected chi connectivity index (χ0v) is 10.4. The molecule has 0 radical (unpaired) electrons. The quantitative estimate of drug-likeness (QED) is 0.539. The van der Waals surface area contributed by atoms with Crippen molar-refractivity contribution in [3.63, 3.8) is 0 Å². The molecule has 0 N–H and O–H groups in total. The molecular formula is C12H19ClO2. The van der Waals surface area contributed by atoms with Crippen molar-refractivity contribution in [2.24, 2.45) is 17.3 Å². The van der Waals surface area contributed by atoms with Gasteiger partial charge < -0.3 is 4.74 Å². The summed E-state index contributed by atoms with van der Waals surface area (Å²) in [6.07, 6.45) is 3.26. The lowest BCUT2D eigenvalue weighted by Gasteiger charge is -2.63. The molecule has 2 bridgehead atoms. The Morgan fingerprint density at radius 2 is 2.20 bits per heavy atom. The Hall–Kier alpha value is -0.240. The van der Waals surface area contributed by atoms with Crippen molar-refractivity contribution in [1.29, 1.82) is 0 Å². The van der Waals surface area contributed by atoms with Gasteiger partial charge in [-0.3, -0.25) is 4.79 Å². The van der Waals surface area contributed by atoms with Crippen LogP contribution < -0.4 is 0 Å². The normalized spacial score (nSPS) is 41.9. The standard InChI is InChI=1S/C12H19ClO2/c1-8(14)15-12(7-13)5-4-9-6-10(12)11(9,2)3/h9-10H,4-7H2,1-3H3/t9-,10+,12?/m1/s1. The molecule has 3 rings (SSSR count). The molecule has 3 aliphatic carbocycles. The lowest BCUT2D eigenvalue weighted by Crippen LogP contribution is -2.63. The smallest absolute Gasteiger partial charge is 0.303 e. The molecule has 86 valence electrons. The summed E-state index contributed by atoms with van der Waals surface area (Å²) in [5.74, 6) is 1.49. The second-order valence-corrected chi connectivity index (χ2v) is 5.90. The average Bonchev–Trinajstić information content (AvgIpc) is 2.16. The number of hydrogen-bond acceptors (Lipinski definition) is 2. The molecule has 3 atom stereocenters. The molecule has 3 fully saturated rings. The van der Waals surface area contributed by atoms with Gasteiger partial charge in [-0.25, -0.2) is 0 Å². The minimum atomic E-state index is -0.383. The summed E-state index contributed by atoms with van der Waals surface area (Å²) in [4.78, 5) is 11.2. The summed E-state index contributed by atoms with van der Waals surface area (Å²) in [6.45, 7) is 6.03. The minimum Gasteiger partial charge on any atom is -0.458 e. The van der Waals surface area contributed by atoms with Crippen LogP contribution in [0, 0.1) is 17.3 Å². The highest BCUT2D eigenvalue weighted by molar-refractivity contribution is 6.18. The summed E-state index contributed by atoms with van der Waals surface area (Å²) in [7, 11) is 0. The Balaban J connectivity index is 2.22. The van der Waals surface area contributed by atoms with Crippen LogP contribution in [0.15, 0.2) is 0 Å². The summed E-state index contributed by atoms with van der Waals surface area (Å²) in [6, 6.07) is 0. The first-order valence-corrected chi connectivity index (χ1v) is 6.21. The fourth-order valence-electron chi connectivity index (χ4n) is 3.59. The fraction of sp³-hybridized carbons (Fsp3) is 0.917. The van der Waals surface area contributed by atoms with E-state index in [-0.39, 0.29) is 11.6 Å². The predicted molar refractivity (Wildman–Crippen MR) is 59.8 cm³/mol. The number of alkyl halides is 1. The molecule has 0 heterocycles. The molecule has 15 heavy (non-hydrogen) atoms. The van der Waals surface area contributed by atoms with Crippen molar-refractivity contribution in [2.75, 3.05) is 5.88 Å². The van der Waals surface area contributed by atoms with Crippen LogP contribution in [0.25, 0.3) is 0 Å². The Morgan fingerprint density at radius 3 is 2.60 bits per heavy atom. The average molecular weight is 231 g/mol. The summed E-state index contributed by atoms with van der Waals surface area (Å²) >= 11 is 6.05. The molecule has 0 amide bonds. The Bertz CT molecular complexity index is 285. The summed E-state index contributed by atoms with van der Waals surface area (Å²) < 4.78 is 5.54. The van der Waals surface area contributed by atoms with Crippen LogP contribution in [0.2, 0.25) is 0 Å².